The second-order valence-corrected chi connectivity index (χ2v) is 13.7. The van der Waals surface area contributed by atoms with E-state index in [2.05, 4.69) is 20.3 Å². The van der Waals surface area contributed by atoms with Gasteiger partial charge < -0.3 is 24.7 Å². The maximum Gasteiger partial charge on any atom is 0.417 e. The zero-order chi connectivity index (χ0) is 38.7. The van der Waals surface area contributed by atoms with Gasteiger partial charge >= 0.3 is 30.1 Å². The number of nitrogens with one attached hydrogen (secondary N) is 2. The highest BCUT2D eigenvalue weighted by Gasteiger charge is 2.42. The van der Waals surface area contributed by atoms with Gasteiger partial charge in [0, 0.05) is 24.8 Å². The average molecular weight is 778 g/mol. The van der Waals surface area contributed by atoms with E-state index in [0.717, 1.165) is 6.07 Å². The Balaban J connectivity index is 1.41. The highest BCUT2D eigenvalue weighted by atomic mass is 35.5. The van der Waals surface area contributed by atoms with Crippen molar-refractivity contribution in [3.63, 3.8) is 0 Å². The summed E-state index contributed by atoms with van der Waals surface area (Å²) in [6.07, 6.45) is -8.26. The Morgan fingerprint density at radius 2 is 1.83 bits per heavy atom. The normalized spacial score (nSPS) is 18.1. The number of hydrogen-bond acceptors (Lipinski definition) is 8. The quantitative estimate of drug-likeness (QED) is 0.104. The first kappa shape index (κ1) is 36.9. The Kier molecular flexibility index (Phi) is 9.18. The van der Waals surface area contributed by atoms with Crippen LogP contribution in [0.15, 0.2) is 53.5 Å². The second-order valence-electron chi connectivity index (χ2n) is 13.3. The van der Waals surface area contributed by atoms with Gasteiger partial charge in [-0.2, -0.15) is 31.3 Å². The van der Waals surface area contributed by atoms with Crippen LogP contribution in [0.2, 0.25) is 5.02 Å². The van der Waals surface area contributed by atoms with E-state index in [1.165, 1.54) is 12.3 Å². The number of carbonyl (C=O) groups is 2. The highest BCUT2D eigenvalue weighted by molar-refractivity contribution is 6.34. The molecule has 1 atom stereocenters. The van der Waals surface area contributed by atoms with Crippen molar-refractivity contribution in [2.24, 2.45) is 0 Å². The number of ether oxygens (including phenoxy) is 2. The number of piperidine rings is 1. The van der Waals surface area contributed by atoms with Crippen LogP contribution in [0.25, 0.3) is 32.9 Å². The lowest BCUT2D eigenvalue weighted by Gasteiger charge is -2.41. The fourth-order valence-electron chi connectivity index (χ4n) is 7.02. The Hall–Kier alpha value is -5.45. The van der Waals surface area contributed by atoms with Crippen LogP contribution in [0.1, 0.15) is 53.2 Å². The molecule has 0 saturated carbocycles. The molecule has 10 nitrogen and oxygen atoms in total. The number of pyridine rings is 1. The molecule has 1 saturated heterocycles. The van der Waals surface area contributed by atoms with Gasteiger partial charge in [-0.25, -0.2) is 18.8 Å². The average Bonchev–Trinajstić information content (AvgIpc) is 3.08. The second kappa shape index (κ2) is 13.4. The van der Waals surface area contributed by atoms with Crippen LogP contribution in [0.3, 0.4) is 0 Å². The van der Waals surface area contributed by atoms with Crippen LogP contribution < -0.4 is 20.6 Å². The third-order valence-corrected chi connectivity index (χ3v) is 9.65. The standard InChI is InChI=1S/C36H27ClF7N5O5/c1-34-8-4-9-49(16-34)30-22-15-45-28(27(38)29(22)46-32(51)47-30)21-14-20(11-18-6-2-5-17(25(18)21)7-3-10-53-33(52)48-34)54-31(50)26-23(36(42,43)44)12-19(13-24(26)37)35(39,40)41/h2,5-6,11-15H,3-4,7-10,16H2,1H3,(H,48,52)(H,46,47,51)/t34-/m1/s1. The molecule has 18 heteroatoms. The van der Waals surface area contributed by atoms with Crippen molar-refractivity contribution in [3.8, 4) is 17.0 Å². The maximum atomic E-state index is 16.8. The van der Waals surface area contributed by atoms with Crippen molar-refractivity contribution in [3.05, 3.63) is 92.2 Å². The monoisotopic (exact) mass is 777 g/mol. The van der Waals surface area contributed by atoms with Crippen molar-refractivity contribution in [1.29, 1.82) is 0 Å². The first-order chi connectivity index (χ1) is 25.4. The lowest BCUT2D eigenvalue weighted by atomic mass is 9.91. The SMILES string of the molecule is C[C@@]12CCCN(C1)c1nc(=O)[nH]c3c(F)c(ncc13)-c1cc(OC(=O)c3c(Cl)cc(C(F)(F)F)cc3C(F)(F)F)cc3cccc(c13)CCCOC(=O)N2. The number of halogens is 8. The van der Waals surface area contributed by atoms with E-state index in [1.807, 2.05) is 6.92 Å². The summed E-state index contributed by atoms with van der Waals surface area (Å²) in [5.74, 6) is -3.05. The predicted octanol–water partition coefficient (Wildman–Crippen LogP) is 8.22. The number of benzene rings is 3. The minimum Gasteiger partial charge on any atom is -0.450 e. The number of anilines is 1. The Labute approximate surface area is 305 Å². The number of rotatable bonds is 2. The molecule has 0 aliphatic carbocycles. The van der Waals surface area contributed by atoms with Crippen LogP contribution in [0.4, 0.5) is 41.3 Å². The van der Waals surface area contributed by atoms with E-state index in [4.69, 9.17) is 21.1 Å². The topological polar surface area (TPSA) is 127 Å². The van der Waals surface area contributed by atoms with Crippen LogP contribution >= 0.6 is 11.6 Å². The number of alkyl carbamates (subject to hydrolysis) is 1. The molecule has 5 heterocycles. The molecule has 0 unspecified atom stereocenters. The molecule has 0 spiro atoms. The summed E-state index contributed by atoms with van der Waals surface area (Å²) in [6.45, 7) is 2.44. The molecule has 1 fully saturated rings. The number of H-pyrrole nitrogens is 1. The number of alkyl halides is 6. The zero-order valence-electron chi connectivity index (χ0n) is 28.0. The number of aromatic nitrogens is 3. The summed E-state index contributed by atoms with van der Waals surface area (Å²) >= 11 is 5.87. The van der Waals surface area contributed by atoms with E-state index < -0.39 is 68.9 Å². The van der Waals surface area contributed by atoms with Crippen molar-refractivity contribution >= 4 is 51.2 Å². The minimum atomic E-state index is -5.44. The number of carbonyl (C=O) groups excluding carboxylic acids is 2. The lowest BCUT2D eigenvalue weighted by Crippen LogP contribution is -2.57. The van der Waals surface area contributed by atoms with E-state index in [1.54, 1.807) is 23.1 Å². The number of esters is 1. The van der Waals surface area contributed by atoms with E-state index >= 15 is 4.39 Å². The van der Waals surface area contributed by atoms with Gasteiger partial charge in [0.25, 0.3) is 0 Å². The zero-order valence-corrected chi connectivity index (χ0v) is 28.7. The molecule has 2 aromatic heterocycles. The molecular formula is C36H27ClF7N5O5. The Bertz CT molecular complexity index is 2420. The molecule has 3 aliphatic rings. The minimum absolute atomic E-state index is 0.00133. The van der Waals surface area contributed by atoms with E-state index in [-0.39, 0.29) is 59.7 Å². The summed E-state index contributed by atoms with van der Waals surface area (Å²) in [4.78, 5) is 51.8. The van der Waals surface area contributed by atoms with E-state index in [0.29, 0.717) is 42.1 Å². The lowest BCUT2D eigenvalue weighted by molar-refractivity contribution is -0.143. The van der Waals surface area contributed by atoms with Crippen molar-refractivity contribution < 1.29 is 49.8 Å². The molecule has 8 rings (SSSR count). The van der Waals surface area contributed by atoms with Gasteiger partial charge in [0.1, 0.15) is 17.3 Å². The van der Waals surface area contributed by atoms with Gasteiger partial charge in [0.2, 0.25) is 0 Å². The van der Waals surface area contributed by atoms with Crippen molar-refractivity contribution in [1.82, 2.24) is 20.3 Å². The van der Waals surface area contributed by atoms with Gasteiger partial charge in [-0.3, -0.25) is 4.98 Å². The fraction of sp³-hybridized carbons (Fsp3) is 0.306. The molecule has 5 aromatic rings. The molecule has 54 heavy (non-hydrogen) atoms. The van der Waals surface area contributed by atoms with Crippen LogP contribution in [0, 0.1) is 5.82 Å². The summed E-state index contributed by atoms with van der Waals surface area (Å²) in [7, 11) is 0. The largest absolute Gasteiger partial charge is 0.450 e. The van der Waals surface area contributed by atoms with Crippen LogP contribution in [0.5, 0.6) is 5.75 Å². The number of hydrogen-bond donors (Lipinski definition) is 2. The van der Waals surface area contributed by atoms with Gasteiger partial charge in [0.15, 0.2) is 5.82 Å². The summed E-state index contributed by atoms with van der Waals surface area (Å²) < 4.78 is 110. The fourth-order valence-corrected chi connectivity index (χ4v) is 7.32. The Morgan fingerprint density at radius 1 is 1.06 bits per heavy atom. The third-order valence-electron chi connectivity index (χ3n) is 9.35. The molecular weight excluding hydrogens is 751 g/mol. The first-order valence-corrected chi connectivity index (χ1v) is 16.8. The maximum absolute atomic E-state index is 16.8. The number of aryl methyl sites for hydroxylation is 1. The predicted molar refractivity (Wildman–Crippen MR) is 182 cm³/mol. The molecule has 3 aliphatic heterocycles. The van der Waals surface area contributed by atoms with Crippen molar-refractivity contribution in [2.45, 2.75) is 50.5 Å². The highest BCUT2D eigenvalue weighted by Crippen LogP contribution is 2.42. The molecule has 282 valence electrons. The summed E-state index contributed by atoms with van der Waals surface area (Å²) in [5, 5.41) is 2.55. The van der Waals surface area contributed by atoms with Crippen LogP contribution in [-0.4, -0.2) is 52.2 Å². The van der Waals surface area contributed by atoms with Gasteiger partial charge in [-0.1, -0.05) is 29.8 Å². The molecule has 2 N–H and O–H groups in total. The van der Waals surface area contributed by atoms with Gasteiger partial charge in [-0.05, 0) is 73.2 Å². The number of nitrogens with zero attached hydrogens (tertiary/aromatic N) is 3. The molecule has 1 amide bonds. The first-order valence-electron chi connectivity index (χ1n) is 16.5. The summed E-state index contributed by atoms with van der Waals surface area (Å²) in [6, 6.07) is 7.24. The van der Waals surface area contributed by atoms with Gasteiger partial charge in [0.05, 0.1) is 44.8 Å². The van der Waals surface area contributed by atoms with E-state index in [9.17, 15) is 40.7 Å². The molecule has 6 bridgehead atoms. The van der Waals surface area contributed by atoms with Crippen LogP contribution in [-0.2, 0) is 23.5 Å². The third kappa shape index (κ3) is 6.99. The molecule has 3 aromatic carbocycles. The number of aromatic amines is 1. The molecule has 0 radical (unpaired) electrons. The summed E-state index contributed by atoms with van der Waals surface area (Å²) in [5.41, 5.74) is -6.75. The Morgan fingerprint density at radius 3 is 2.57 bits per heavy atom. The smallest absolute Gasteiger partial charge is 0.417 e. The van der Waals surface area contributed by atoms with Gasteiger partial charge in [-0.15, -0.1) is 0 Å². The van der Waals surface area contributed by atoms with Crippen molar-refractivity contribution in [2.75, 3.05) is 24.6 Å². The number of fused-ring (bicyclic) bond motifs is 6. The number of amides is 1.